The highest BCUT2D eigenvalue weighted by atomic mass is 35.5. The van der Waals surface area contributed by atoms with Gasteiger partial charge in [-0.15, -0.1) is 11.3 Å². The average molecular weight is 252 g/mol. The monoisotopic (exact) mass is 251 g/mol. The van der Waals surface area contributed by atoms with E-state index in [0.29, 0.717) is 4.88 Å². The fraction of sp³-hybridized carbons (Fsp3) is 0.0909. The average Bonchev–Trinajstić information content (AvgIpc) is 2.90. The van der Waals surface area contributed by atoms with E-state index in [1.807, 2.05) is 11.4 Å². The molecule has 0 amide bonds. The zero-order valence-corrected chi connectivity index (χ0v) is 9.59. The minimum absolute atomic E-state index is 0.116. The van der Waals surface area contributed by atoms with Crippen molar-refractivity contribution >= 4 is 28.7 Å². The van der Waals surface area contributed by atoms with E-state index in [-0.39, 0.29) is 16.8 Å². The SMILES string of the molecule is N#CC(C(=O)c1ccc(Cl)o1)c1cccs1. The summed E-state index contributed by atoms with van der Waals surface area (Å²) in [6, 6.07) is 8.48. The first-order valence-electron chi connectivity index (χ1n) is 4.45. The molecule has 1 unspecified atom stereocenters. The summed E-state index contributed by atoms with van der Waals surface area (Å²) in [6.07, 6.45) is 0. The number of nitriles is 1. The minimum Gasteiger partial charge on any atom is -0.442 e. The maximum absolute atomic E-state index is 11.9. The highest BCUT2D eigenvalue weighted by Crippen LogP contribution is 2.26. The van der Waals surface area contributed by atoms with E-state index in [1.165, 1.54) is 23.5 Å². The summed E-state index contributed by atoms with van der Waals surface area (Å²) < 4.78 is 5.00. The zero-order chi connectivity index (χ0) is 11.5. The molecule has 16 heavy (non-hydrogen) atoms. The second-order valence-corrected chi connectivity index (χ2v) is 4.40. The highest BCUT2D eigenvalue weighted by molar-refractivity contribution is 7.10. The second-order valence-electron chi connectivity index (χ2n) is 3.05. The van der Waals surface area contributed by atoms with Gasteiger partial charge in [0.1, 0.15) is 5.92 Å². The third-order valence-corrected chi connectivity index (χ3v) is 3.18. The highest BCUT2D eigenvalue weighted by Gasteiger charge is 2.25. The fourth-order valence-electron chi connectivity index (χ4n) is 1.30. The third-order valence-electron chi connectivity index (χ3n) is 2.04. The zero-order valence-electron chi connectivity index (χ0n) is 8.01. The number of furan rings is 1. The molecule has 2 rings (SSSR count). The molecule has 0 spiro atoms. The molecule has 0 aromatic carbocycles. The van der Waals surface area contributed by atoms with E-state index in [1.54, 1.807) is 12.1 Å². The first kappa shape index (κ1) is 10.9. The van der Waals surface area contributed by atoms with Gasteiger partial charge in [0.25, 0.3) is 0 Å². The normalized spacial score (nSPS) is 12.0. The largest absolute Gasteiger partial charge is 0.442 e. The molecule has 80 valence electrons. The predicted molar refractivity (Wildman–Crippen MR) is 60.7 cm³/mol. The lowest BCUT2D eigenvalue weighted by atomic mass is 10.0. The maximum Gasteiger partial charge on any atom is 0.220 e. The molecule has 0 aliphatic heterocycles. The topological polar surface area (TPSA) is 54.0 Å². The molecule has 1 atom stereocenters. The molecule has 0 saturated heterocycles. The van der Waals surface area contributed by atoms with Crippen molar-refractivity contribution in [3.8, 4) is 6.07 Å². The molecule has 2 aromatic rings. The van der Waals surface area contributed by atoms with E-state index >= 15 is 0 Å². The van der Waals surface area contributed by atoms with E-state index in [2.05, 4.69) is 0 Å². The van der Waals surface area contributed by atoms with Gasteiger partial charge in [0, 0.05) is 4.88 Å². The van der Waals surface area contributed by atoms with Crippen LogP contribution in [0.1, 0.15) is 21.3 Å². The molecule has 3 nitrogen and oxygen atoms in total. The molecule has 0 N–H and O–H groups in total. The van der Waals surface area contributed by atoms with Crippen molar-refractivity contribution in [3.05, 3.63) is 45.5 Å². The second kappa shape index (κ2) is 4.52. The molecule has 0 radical (unpaired) electrons. The third kappa shape index (κ3) is 2.01. The molecule has 2 aromatic heterocycles. The van der Waals surface area contributed by atoms with Gasteiger partial charge in [-0.3, -0.25) is 4.79 Å². The lowest BCUT2D eigenvalue weighted by Gasteiger charge is -2.02. The van der Waals surface area contributed by atoms with Crippen molar-refractivity contribution in [1.82, 2.24) is 0 Å². The molecule has 5 heteroatoms. The van der Waals surface area contributed by atoms with E-state index in [4.69, 9.17) is 21.3 Å². The van der Waals surface area contributed by atoms with Gasteiger partial charge in [0.15, 0.2) is 11.0 Å². The number of hydrogen-bond donors (Lipinski definition) is 0. The van der Waals surface area contributed by atoms with Crippen LogP contribution in [0.5, 0.6) is 0 Å². The van der Waals surface area contributed by atoms with Crippen LogP contribution in [-0.4, -0.2) is 5.78 Å². The standard InChI is InChI=1S/C11H6ClNO2S/c12-10-4-3-8(15-10)11(14)7(6-13)9-2-1-5-16-9/h1-5,7H. The number of carbonyl (C=O) groups is 1. The molecule has 0 fully saturated rings. The molecular weight excluding hydrogens is 246 g/mol. The van der Waals surface area contributed by atoms with Crippen LogP contribution in [0, 0.1) is 11.3 Å². The van der Waals surface area contributed by atoms with Gasteiger partial charge in [-0.05, 0) is 35.2 Å². The Bertz CT molecular complexity index is 539. The van der Waals surface area contributed by atoms with Crippen LogP contribution in [0.2, 0.25) is 5.22 Å². The molecule has 0 saturated carbocycles. The molecular formula is C11H6ClNO2S. The van der Waals surface area contributed by atoms with Gasteiger partial charge in [-0.2, -0.15) is 5.26 Å². The fourth-order valence-corrected chi connectivity index (χ4v) is 2.21. The number of thiophene rings is 1. The van der Waals surface area contributed by atoms with Gasteiger partial charge in [-0.1, -0.05) is 6.07 Å². The smallest absolute Gasteiger partial charge is 0.220 e. The summed E-state index contributed by atoms with van der Waals surface area (Å²) in [7, 11) is 0. The number of hydrogen-bond acceptors (Lipinski definition) is 4. The molecule has 0 aliphatic rings. The molecule has 0 aliphatic carbocycles. The summed E-state index contributed by atoms with van der Waals surface area (Å²) in [6.45, 7) is 0. The Morgan fingerprint density at radius 1 is 1.50 bits per heavy atom. The summed E-state index contributed by atoms with van der Waals surface area (Å²) >= 11 is 6.95. The number of ketones is 1. The Labute approximate surface area is 101 Å². The van der Waals surface area contributed by atoms with Crippen LogP contribution in [0.4, 0.5) is 0 Å². The predicted octanol–water partition coefficient (Wildman–Crippen LogP) is 3.48. The number of Topliss-reactive ketones (excluding diaryl/α,β-unsaturated/α-hetero) is 1. The molecule has 0 bridgehead atoms. The van der Waals surface area contributed by atoms with Crippen molar-refractivity contribution < 1.29 is 9.21 Å². The van der Waals surface area contributed by atoms with Crippen LogP contribution < -0.4 is 0 Å². The van der Waals surface area contributed by atoms with Gasteiger partial charge in [0.05, 0.1) is 6.07 Å². The first-order chi connectivity index (χ1) is 7.72. The van der Waals surface area contributed by atoms with Crippen LogP contribution >= 0.6 is 22.9 Å². The van der Waals surface area contributed by atoms with Crippen LogP contribution in [0.25, 0.3) is 0 Å². The van der Waals surface area contributed by atoms with Crippen LogP contribution in [0.15, 0.2) is 34.1 Å². The van der Waals surface area contributed by atoms with Crippen molar-refractivity contribution in [1.29, 1.82) is 5.26 Å². The van der Waals surface area contributed by atoms with Crippen molar-refractivity contribution in [2.24, 2.45) is 0 Å². The summed E-state index contributed by atoms with van der Waals surface area (Å²) in [5.41, 5.74) is 0. The van der Waals surface area contributed by atoms with Crippen molar-refractivity contribution in [2.75, 3.05) is 0 Å². The summed E-state index contributed by atoms with van der Waals surface area (Å²) in [5, 5.41) is 11.0. The minimum atomic E-state index is -0.817. The van der Waals surface area contributed by atoms with Gasteiger partial charge in [0.2, 0.25) is 5.78 Å². The van der Waals surface area contributed by atoms with Gasteiger partial charge < -0.3 is 4.42 Å². The van der Waals surface area contributed by atoms with Crippen LogP contribution in [0.3, 0.4) is 0 Å². The first-order valence-corrected chi connectivity index (χ1v) is 5.70. The molecule has 2 heterocycles. The van der Waals surface area contributed by atoms with E-state index in [9.17, 15) is 4.79 Å². The van der Waals surface area contributed by atoms with Crippen molar-refractivity contribution in [2.45, 2.75) is 5.92 Å². The maximum atomic E-state index is 11.9. The van der Waals surface area contributed by atoms with E-state index in [0.717, 1.165) is 0 Å². The number of nitrogens with zero attached hydrogens (tertiary/aromatic N) is 1. The Morgan fingerprint density at radius 2 is 2.31 bits per heavy atom. The van der Waals surface area contributed by atoms with E-state index < -0.39 is 5.92 Å². The van der Waals surface area contributed by atoms with Gasteiger partial charge in [-0.25, -0.2) is 0 Å². The lowest BCUT2D eigenvalue weighted by molar-refractivity contribution is 0.0953. The lowest BCUT2D eigenvalue weighted by Crippen LogP contribution is -2.08. The Hall–Kier alpha value is -1.57. The Morgan fingerprint density at radius 3 is 2.81 bits per heavy atom. The Kier molecular flexibility index (Phi) is 3.09. The quantitative estimate of drug-likeness (QED) is 0.785. The summed E-state index contributed by atoms with van der Waals surface area (Å²) in [4.78, 5) is 12.6. The van der Waals surface area contributed by atoms with Gasteiger partial charge >= 0.3 is 0 Å². The number of carbonyl (C=O) groups excluding carboxylic acids is 1. The number of halogens is 1. The Balaban J connectivity index is 2.31. The van der Waals surface area contributed by atoms with Crippen LogP contribution in [-0.2, 0) is 0 Å². The van der Waals surface area contributed by atoms with Crippen molar-refractivity contribution in [3.63, 3.8) is 0 Å². The number of rotatable bonds is 3. The summed E-state index contributed by atoms with van der Waals surface area (Å²) in [5.74, 6) is -1.07.